The van der Waals surface area contributed by atoms with Gasteiger partial charge in [0.1, 0.15) is 16.4 Å². The van der Waals surface area contributed by atoms with Crippen molar-refractivity contribution in [3.8, 4) is 0 Å². The molecule has 0 fully saturated rings. The molecule has 0 aliphatic carbocycles. The smallest absolute Gasteiger partial charge is 0.340 e. The maximum absolute atomic E-state index is 12.1. The molecule has 0 bridgehead atoms. The van der Waals surface area contributed by atoms with Crippen LogP contribution in [0.4, 0.5) is 8.78 Å². The summed E-state index contributed by atoms with van der Waals surface area (Å²) in [5, 5.41) is 7.68. The van der Waals surface area contributed by atoms with Crippen molar-refractivity contribution in [1.82, 2.24) is 4.98 Å². The van der Waals surface area contributed by atoms with E-state index in [4.69, 9.17) is 28.3 Å². The van der Waals surface area contributed by atoms with E-state index in [2.05, 4.69) is 4.98 Å². The van der Waals surface area contributed by atoms with E-state index in [0.717, 1.165) is 6.07 Å². The number of rotatable bonds is 2. The number of pyridine rings is 1. The molecule has 1 rings (SSSR count). The lowest BCUT2D eigenvalue weighted by molar-refractivity contribution is 0.0696. The number of carbonyl (C=O) groups is 1. The summed E-state index contributed by atoms with van der Waals surface area (Å²) in [6.45, 7) is 0. The fourth-order valence-corrected chi connectivity index (χ4v) is 1.41. The SMILES string of the molecule is O=C(O)c1c(Cl)cc(C(F)F)nc1Cl. The average Bonchev–Trinajstić information content (AvgIpc) is 2.01. The maximum Gasteiger partial charge on any atom is 0.340 e. The Morgan fingerprint density at radius 1 is 1.50 bits per heavy atom. The third kappa shape index (κ3) is 2.10. The summed E-state index contributed by atoms with van der Waals surface area (Å²) < 4.78 is 24.3. The van der Waals surface area contributed by atoms with Gasteiger partial charge < -0.3 is 5.11 Å². The number of hydrogen-bond acceptors (Lipinski definition) is 2. The van der Waals surface area contributed by atoms with Crippen molar-refractivity contribution in [3.05, 3.63) is 27.5 Å². The highest BCUT2D eigenvalue weighted by Crippen LogP contribution is 2.27. The van der Waals surface area contributed by atoms with Crippen LogP contribution in [0.15, 0.2) is 6.07 Å². The van der Waals surface area contributed by atoms with Crippen LogP contribution in [-0.2, 0) is 0 Å². The van der Waals surface area contributed by atoms with Crippen molar-refractivity contribution in [2.45, 2.75) is 6.43 Å². The zero-order valence-corrected chi connectivity index (χ0v) is 7.98. The molecule has 1 aromatic rings. The van der Waals surface area contributed by atoms with Crippen LogP contribution in [0.2, 0.25) is 10.2 Å². The first-order chi connectivity index (χ1) is 6.43. The minimum Gasteiger partial charge on any atom is -0.478 e. The van der Waals surface area contributed by atoms with Crippen molar-refractivity contribution >= 4 is 29.2 Å². The Labute approximate surface area is 87.3 Å². The van der Waals surface area contributed by atoms with Crippen LogP contribution in [-0.4, -0.2) is 16.1 Å². The maximum atomic E-state index is 12.1. The van der Waals surface area contributed by atoms with Crippen molar-refractivity contribution in [3.63, 3.8) is 0 Å². The van der Waals surface area contributed by atoms with E-state index >= 15 is 0 Å². The molecular formula is C7H3Cl2F2NO2. The lowest BCUT2D eigenvalue weighted by atomic mass is 10.2. The molecular weight excluding hydrogens is 239 g/mol. The van der Waals surface area contributed by atoms with E-state index in [-0.39, 0.29) is 5.02 Å². The van der Waals surface area contributed by atoms with Gasteiger partial charge in [0.05, 0.1) is 5.02 Å². The van der Waals surface area contributed by atoms with Gasteiger partial charge in [-0.05, 0) is 6.07 Å². The lowest BCUT2D eigenvalue weighted by Crippen LogP contribution is -2.03. The van der Waals surface area contributed by atoms with E-state index in [1.54, 1.807) is 0 Å². The highest BCUT2D eigenvalue weighted by molar-refractivity contribution is 6.38. The van der Waals surface area contributed by atoms with Gasteiger partial charge >= 0.3 is 5.97 Å². The fraction of sp³-hybridized carbons (Fsp3) is 0.143. The van der Waals surface area contributed by atoms with Crippen LogP contribution >= 0.6 is 23.2 Å². The lowest BCUT2D eigenvalue weighted by Gasteiger charge is -2.04. The first-order valence-corrected chi connectivity index (χ1v) is 4.06. The van der Waals surface area contributed by atoms with E-state index in [1.807, 2.05) is 0 Å². The Balaban J connectivity index is 3.32. The summed E-state index contributed by atoms with van der Waals surface area (Å²) in [6, 6.07) is 0.779. The van der Waals surface area contributed by atoms with Gasteiger partial charge in [0, 0.05) is 0 Å². The van der Waals surface area contributed by atoms with Gasteiger partial charge in [-0.25, -0.2) is 18.6 Å². The predicted octanol–water partition coefficient (Wildman–Crippen LogP) is 3.02. The Morgan fingerprint density at radius 2 is 2.07 bits per heavy atom. The molecule has 0 aromatic carbocycles. The molecule has 0 aliphatic heterocycles. The number of nitrogens with zero attached hydrogens (tertiary/aromatic N) is 1. The fourth-order valence-electron chi connectivity index (χ4n) is 0.804. The molecule has 7 heteroatoms. The van der Waals surface area contributed by atoms with Crippen molar-refractivity contribution < 1.29 is 18.7 Å². The van der Waals surface area contributed by atoms with Crippen molar-refractivity contribution in [2.24, 2.45) is 0 Å². The summed E-state index contributed by atoms with van der Waals surface area (Å²) in [6.07, 6.45) is -2.84. The Bertz CT molecular complexity index is 361. The van der Waals surface area contributed by atoms with E-state index in [9.17, 15) is 13.6 Å². The largest absolute Gasteiger partial charge is 0.478 e. The second-order valence-corrected chi connectivity index (χ2v) is 3.07. The normalized spacial score (nSPS) is 10.6. The topological polar surface area (TPSA) is 50.2 Å². The predicted molar refractivity (Wildman–Crippen MR) is 46.2 cm³/mol. The molecule has 1 N–H and O–H groups in total. The molecule has 76 valence electrons. The zero-order chi connectivity index (χ0) is 10.9. The van der Waals surface area contributed by atoms with E-state index < -0.39 is 28.8 Å². The first-order valence-electron chi connectivity index (χ1n) is 3.31. The molecule has 0 unspecified atom stereocenters. The Morgan fingerprint density at radius 3 is 2.43 bits per heavy atom. The van der Waals surface area contributed by atoms with Gasteiger partial charge in [-0.2, -0.15) is 0 Å². The van der Waals surface area contributed by atoms with Crippen LogP contribution in [0.5, 0.6) is 0 Å². The van der Waals surface area contributed by atoms with Crippen LogP contribution in [0.25, 0.3) is 0 Å². The van der Waals surface area contributed by atoms with Gasteiger partial charge in [0.2, 0.25) is 0 Å². The van der Waals surface area contributed by atoms with E-state index in [0.29, 0.717) is 0 Å². The number of carboxylic acids is 1. The average molecular weight is 242 g/mol. The summed E-state index contributed by atoms with van der Waals surface area (Å²) in [5.41, 5.74) is -1.12. The molecule has 0 radical (unpaired) electrons. The van der Waals surface area contributed by atoms with E-state index in [1.165, 1.54) is 0 Å². The third-order valence-electron chi connectivity index (χ3n) is 1.38. The number of aromatic carboxylic acids is 1. The molecule has 0 spiro atoms. The summed E-state index contributed by atoms with van der Waals surface area (Å²) in [7, 11) is 0. The molecule has 0 amide bonds. The third-order valence-corrected chi connectivity index (χ3v) is 1.96. The number of aromatic nitrogens is 1. The first kappa shape index (κ1) is 11.1. The Hall–Kier alpha value is -0.940. The Kier molecular flexibility index (Phi) is 3.23. The number of hydrogen-bond donors (Lipinski definition) is 1. The van der Waals surface area contributed by atoms with Gasteiger partial charge in [-0.15, -0.1) is 0 Å². The van der Waals surface area contributed by atoms with Crippen molar-refractivity contribution in [1.29, 1.82) is 0 Å². The minimum atomic E-state index is -2.84. The summed E-state index contributed by atoms with van der Waals surface area (Å²) in [4.78, 5) is 13.7. The van der Waals surface area contributed by atoms with Crippen LogP contribution in [0, 0.1) is 0 Å². The van der Waals surface area contributed by atoms with Crippen LogP contribution in [0.3, 0.4) is 0 Å². The quantitative estimate of drug-likeness (QED) is 0.810. The van der Waals surface area contributed by atoms with Gasteiger partial charge in [0.25, 0.3) is 6.43 Å². The second-order valence-electron chi connectivity index (χ2n) is 2.30. The van der Waals surface area contributed by atoms with Crippen molar-refractivity contribution in [2.75, 3.05) is 0 Å². The molecule has 0 saturated heterocycles. The van der Waals surface area contributed by atoms with Crippen LogP contribution in [0.1, 0.15) is 22.5 Å². The minimum absolute atomic E-state index is 0.354. The number of alkyl halides is 2. The molecule has 1 heterocycles. The van der Waals surface area contributed by atoms with Gasteiger partial charge in [-0.3, -0.25) is 0 Å². The summed E-state index contributed by atoms with van der Waals surface area (Å²) in [5.74, 6) is -1.41. The van der Waals surface area contributed by atoms with Gasteiger partial charge in [-0.1, -0.05) is 23.2 Å². The molecule has 14 heavy (non-hydrogen) atoms. The standard InChI is InChI=1S/C7H3Cl2F2NO2/c8-2-1-3(6(10)11)12-5(9)4(2)7(13)14/h1,6H,(H,13,14). The summed E-state index contributed by atoms with van der Waals surface area (Å²) >= 11 is 10.8. The monoisotopic (exact) mass is 241 g/mol. The highest BCUT2D eigenvalue weighted by atomic mass is 35.5. The second kappa shape index (κ2) is 4.06. The zero-order valence-electron chi connectivity index (χ0n) is 6.47. The number of halogens is 4. The van der Waals surface area contributed by atoms with Gasteiger partial charge in [0.15, 0.2) is 0 Å². The molecule has 0 aliphatic rings. The number of carboxylic acid groups (broad SMARTS) is 1. The molecule has 0 atom stereocenters. The van der Waals surface area contributed by atoms with Crippen LogP contribution < -0.4 is 0 Å². The highest BCUT2D eigenvalue weighted by Gasteiger charge is 2.19. The molecule has 0 saturated carbocycles. The molecule has 1 aromatic heterocycles. The molecule has 3 nitrogen and oxygen atoms in total.